The predicted octanol–water partition coefficient (Wildman–Crippen LogP) is 1.29. The van der Waals surface area contributed by atoms with Gasteiger partial charge >= 0.3 is 0 Å². The molecule has 1 atom stereocenters. The number of nitrogens with zero attached hydrogens (tertiary/aromatic N) is 1. The average molecular weight is 441 g/mol. The number of carbonyl (C=O) groups is 2. The number of methoxy groups -OCH3 is 1. The Morgan fingerprint density at radius 1 is 1.12 bits per heavy atom. The number of amides is 1. The van der Waals surface area contributed by atoms with Crippen molar-refractivity contribution in [1.82, 2.24) is 4.90 Å². The maximum atomic E-state index is 13.6. The van der Waals surface area contributed by atoms with E-state index in [-0.39, 0.29) is 5.57 Å². The third-order valence-corrected chi connectivity index (χ3v) is 6.08. The van der Waals surface area contributed by atoms with Crippen LogP contribution in [0.1, 0.15) is 36.6 Å². The first-order valence-corrected chi connectivity index (χ1v) is 10.8. The summed E-state index contributed by atoms with van der Waals surface area (Å²) in [5.74, 6) is -1.80. The number of likely N-dealkylation sites (tertiary alicyclic amines) is 1. The van der Waals surface area contributed by atoms with Crippen LogP contribution in [0.4, 0.5) is 4.39 Å². The first-order valence-electron chi connectivity index (χ1n) is 10.8. The highest BCUT2D eigenvalue weighted by atomic mass is 19.1. The van der Waals surface area contributed by atoms with Crippen LogP contribution in [0.2, 0.25) is 0 Å². The fraction of sp³-hybridized carbons (Fsp3) is 0.360. The van der Waals surface area contributed by atoms with Crippen molar-refractivity contribution in [2.75, 3.05) is 33.3 Å². The van der Waals surface area contributed by atoms with Crippen LogP contribution < -0.4 is 14.7 Å². The molecule has 0 aromatic heterocycles. The molecule has 1 amide bonds. The molecule has 7 heteroatoms. The monoisotopic (exact) mass is 440 g/mol. The Balaban J connectivity index is 2.10. The van der Waals surface area contributed by atoms with Crippen LogP contribution in [0.5, 0.6) is 5.75 Å². The van der Waals surface area contributed by atoms with Crippen molar-refractivity contribution in [2.45, 2.75) is 26.8 Å². The molecule has 170 valence electrons. The van der Waals surface area contributed by atoms with Crippen LogP contribution in [-0.2, 0) is 9.59 Å². The molecule has 1 saturated heterocycles. The molecule has 2 aromatic carbocycles. The third kappa shape index (κ3) is 4.53. The number of aryl methyl sites for hydroxylation is 1. The van der Waals surface area contributed by atoms with Gasteiger partial charge in [0.2, 0.25) is 5.78 Å². The van der Waals surface area contributed by atoms with Crippen LogP contribution in [0.3, 0.4) is 0 Å². The topological polar surface area (TPSA) is 74.1 Å². The molecule has 0 saturated carbocycles. The van der Waals surface area contributed by atoms with E-state index in [0.717, 1.165) is 18.7 Å². The molecule has 0 spiro atoms. The Morgan fingerprint density at radius 3 is 2.34 bits per heavy atom. The van der Waals surface area contributed by atoms with Crippen molar-refractivity contribution < 1.29 is 28.7 Å². The molecule has 1 aliphatic rings. The first-order chi connectivity index (χ1) is 15.3. The van der Waals surface area contributed by atoms with Gasteiger partial charge in [-0.05, 0) is 61.7 Å². The lowest BCUT2D eigenvalue weighted by atomic mass is 9.94. The molecule has 1 heterocycles. The highest BCUT2D eigenvalue weighted by molar-refractivity contribution is 6.46. The minimum atomic E-state index is -0.847. The van der Waals surface area contributed by atoms with Gasteiger partial charge in [0.25, 0.3) is 5.91 Å². The van der Waals surface area contributed by atoms with Gasteiger partial charge in [0.15, 0.2) is 0 Å². The quantitative estimate of drug-likeness (QED) is 0.381. The van der Waals surface area contributed by atoms with Gasteiger partial charge in [-0.2, -0.15) is 0 Å². The largest absolute Gasteiger partial charge is 0.872 e. The zero-order valence-corrected chi connectivity index (χ0v) is 18.9. The smallest absolute Gasteiger partial charge is 0.295 e. The van der Waals surface area contributed by atoms with Crippen molar-refractivity contribution in [3.05, 3.63) is 70.5 Å². The fourth-order valence-corrected chi connectivity index (χ4v) is 4.15. The lowest BCUT2D eigenvalue weighted by Gasteiger charge is -2.28. The standard InChI is InChI=1S/C25H29FN2O4/c1-5-27(6-2)13-14-28-22(17-7-10-19(26)11-8-17)21(24(30)25(28)31)23(29)18-9-12-20(32-4)16(3)15-18/h7-12,15,22,29H,5-6,13-14H2,1-4H3/b23-21+. The van der Waals surface area contributed by atoms with Gasteiger partial charge in [-0.1, -0.05) is 24.0 Å². The lowest BCUT2D eigenvalue weighted by Crippen LogP contribution is -3.12. The van der Waals surface area contributed by atoms with E-state index >= 15 is 0 Å². The van der Waals surface area contributed by atoms with Crippen molar-refractivity contribution in [1.29, 1.82) is 0 Å². The first kappa shape index (κ1) is 23.5. The van der Waals surface area contributed by atoms with E-state index in [2.05, 4.69) is 13.8 Å². The second-order valence-electron chi connectivity index (χ2n) is 7.92. The van der Waals surface area contributed by atoms with Crippen LogP contribution in [-0.4, -0.2) is 49.9 Å². The average Bonchev–Trinajstić information content (AvgIpc) is 3.04. The molecule has 32 heavy (non-hydrogen) atoms. The number of hydrogen-bond donors (Lipinski definition) is 1. The van der Waals surface area contributed by atoms with Crippen LogP contribution in [0.25, 0.3) is 5.76 Å². The highest BCUT2D eigenvalue weighted by Gasteiger charge is 2.44. The van der Waals surface area contributed by atoms with Crippen molar-refractivity contribution in [3.63, 3.8) is 0 Å². The highest BCUT2D eigenvalue weighted by Crippen LogP contribution is 2.38. The minimum absolute atomic E-state index is 0.0966. The molecule has 6 nitrogen and oxygen atoms in total. The normalized spacial score (nSPS) is 17.9. The van der Waals surface area contributed by atoms with E-state index in [9.17, 15) is 19.1 Å². The number of benzene rings is 2. The number of likely N-dealkylation sites (N-methyl/N-ethyl adjacent to an activating group) is 1. The van der Waals surface area contributed by atoms with Gasteiger partial charge in [0, 0.05) is 5.57 Å². The van der Waals surface area contributed by atoms with E-state index in [1.165, 1.54) is 41.2 Å². The molecular weight excluding hydrogens is 411 g/mol. The summed E-state index contributed by atoms with van der Waals surface area (Å²) in [5.41, 5.74) is 1.49. The summed E-state index contributed by atoms with van der Waals surface area (Å²) in [6.07, 6.45) is 0. The van der Waals surface area contributed by atoms with Crippen molar-refractivity contribution >= 4 is 17.4 Å². The molecule has 1 N–H and O–H groups in total. The van der Waals surface area contributed by atoms with Crippen LogP contribution >= 0.6 is 0 Å². The summed E-state index contributed by atoms with van der Waals surface area (Å²) < 4.78 is 18.8. The maximum absolute atomic E-state index is 13.6. The Kier molecular flexibility index (Phi) is 7.30. The fourth-order valence-electron chi connectivity index (χ4n) is 4.15. The molecular formula is C25H29FN2O4. The van der Waals surface area contributed by atoms with Gasteiger partial charge in [-0.15, -0.1) is 0 Å². The third-order valence-electron chi connectivity index (χ3n) is 6.08. The summed E-state index contributed by atoms with van der Waals surface area (Å²) in [4.78, 5) is 28.7. The van der Waals surface area contributed by atoms with E-state index in [1.54, 1.807) is 25.1 Å². The van der Waals surface area contributed by atoms with Crippen LogP contribution in [0.15, 0.2) is 48.0 Å². The summed E-state index contributed by atoms with van der Waals surface area (Å²) in [5, 5.41) is 13.4. The van der Waals surface area contributed by atoms with Gasteiger partial charge in [-0.3, -0.25) is 9.59 Å². The molecule has 0 aliphatic carbocycles. The molecule has 0 bridgehead atoms. The van der Waals surface area contributed by atoms with Crippen LogP contribution in [0, 0.1) is 12.7 Å². The Bertz CT molecular complexity index is 1030. The van der Waals surface area contributed by atoms with E-state index in [1.807, 2.05) is 0 Å². The lowest BCUT2D eigenvalue weighted by molar-refractivity contribution is -0.895. The summed E-state index contributed by atoms with van der Waals surface area (Å²) in [6, 6.07) is 9.65. The molecule has 2 aromatic rings. The number of halogens is 1. The maximum Gasteiger partial charge on any atom is 0.295 e. The number of nitrogens with one attached hydrogen (secondary N) is 1. The Labute approximate surface area is 187 Å². The number of hydrogen-bond acceptors (Lipinski definition) is 4. The van der Waals surface area contributed by atoms with E-state index in [0.29, 0.717) is 30.0 Å². The van der Waals surface area contributed by atoms with Gasteiger partial charge in [-0.25, -0.2) is 4.39 Å². The zero-order chi connectivity index (χ0) is 23.4. The molecule has 1 aliphatic heterocycles. The van der Waals surface area contributed by atoms with Gasteiger partial charge < -0.3 is 19.6 Å². The van der Waals surface area contributed by atoms with Gasteiger partial charge in [0.1, 0.15) is 11.6 Å². The second kappa shape index (κ2) is 9.96. The minimum Gasteiger partial charge on any atom is -0.872 e. The number of carbonyl (C=O) groups excluding carboxylic acids is 2. The molecule has 3 rings (SSSR count). The van der Waals surface area contributed by atoms with E-state index < -0.39 is 29.3 Å². The number of Topliss-reactive ketones (excluding diaryl/α,β-unsaturated/α-hetero) is 1. The Hall–Kier alpha value is -3.19. The van der Waals surface area contributed by atoms with Crippen molar-refractivity contribution in [3.8, 4) is 5.75 Å². The Morgan fingerprint density at radius 2 is 1.78 bits per heavy atom. The zero-order valence-electron chi connectivity index (χ0n) is 18.9. The summed E-state index contributed by atoms with van der Waals surface area (Å²) in [6.45, 7) is 8.65. The summed E-state index contributed by atoms with van der Waals surface area (Å²) >= 11 is 0. The van der Waals surface area contributed by atoms with Gasteiger partial charge in [0.05, 0.1) is 39.3 Å². The molecule has 1 unspecified atom stereocenters. The molecule has 0 radical (unpaired) electrons. The number of ketones is 1. The number of ether oxygens (including phenoxy) is 1. The SMILES string of the molecule is CC[NH+](CC)CCN1C(=O)C(=O)/C(=C(/[O-])c2ccc(OC)c(C)c2)C1c1ccc(F)cc1. The second-order valence-corrected chi connectivity index (χ2v) is 7.92. The summed E-state index contributed by atoms with van der Waals surface area (Å²) in [7, 11) is 1.54. The number of rotatable bonds is 8. The molecule has 1 fully saturated rings. The van der Waals surface area contributed by atoms with Crippen molar-refractivity contribution in [2.24, 2.45) is 0 Å². The number of quaternary nitrogens is 1. The predicted molar refractivity (Wildman–Crippen MR) is 117 cm³/mol. The van der Waals surface area contributed by atoms with E-state index in [4.69, 9.17) is 4.74 Å².